The summed E-state index contributed by atoms with van der Waals surface area (Å²) in [6.07, 6.45) is 5.30. The maximum atomic E-state index is 12.4. The molecule has 1 aliphatic heterocycles. The number of nitrogens with one attached hydrogen (secondary N) is 3. The van der Waals surface area contributed by atoms with Gasteiger partial charge >= 0.3 is 0 Å². The summed E-state index contributed by atoms with van der Waals surface area (Å²) in [4.78, 5) is 16.7. The van der Waals surface area contributed by atoms with Gasteiger partial charge in [-0.3, -0.25) is 4.79 Å². The van der Waals surface area contributed by atoms with E-state index in [4.69, 9.17) is 0 Å². The number of pyridine rings is 1. The first-order valence-electron chi connectivity index (χ1n) is 9.00. The van der Waals surface area contributed by atoms with E-state index in [2.05, 4.69) is 31.2 Å². The Bertz CT molecular complexity index is 886. The number of anilines is 3. The van der Waals surface area contributed by atoms with Gasteiger partial charge < -0.3 is 16.0 Å². The summed E-state index contributed by atoms with van der Waals surface area (Å²) in [5, 5.41) is 17.4. The molecule has 1 aliphatic rings. The van der Waals surface area contributed by atoms with Crippen LogP contribution < -0.4 is 16.0 Å². The number of piperidine rings is 1. The number of para-hydroxylation sites is 1. The average Bonchev–Trinajstić information content (AvgIpc) is 3.21. The number of aromatic nitrogens is 4. The van der Waals surface area contributed by atoms with Gasteiger partial charge in [-0.05, 0) is 50.2 Å². The van der Waals surface area contributed by atoms with E-state index in [9.17, 15) is 4.79 Å². The third kappa shape index (κ3) is 4.29. The van der Waals surface area contributed by atoms with Crippen molar-refractivity contribution in [3.05, 3.63) is 60.6 Å². The molecular weight excluding hydrogens is 342 g/mol. The molecule has 0 aliphatic carbocycles. The molecule has 3 aromatic rings. The summed E-state index contributed by atoms with van der Waals surface area (Å²) < 4.78 is 1.79. The lowest BCUT2D eigenvalue weighted by Crippen LogP contribution is -2.29. The van der Waals surface area contributed by atoms with Crippen LogP contribution in [-0.2, 0) is 0 Å². The van der Waals surface area contributed by atoms with Crippen molar-refractivity contribution >= 4 is 23.1 Å². The minimum atomic E-state index is -0.291. The van der Waals surface area contributed by atoms with E-state index in [0.29, 0.717) is 23.2 Å². The summed E-state index contributed by atoms with van der Waals surface area (Å²) in [6.45, 7) is 1.92. The molecule has 1 aromatic carbocycles. The fourth-order valence-electron chi connectivity index (χ4n) is 3.04. The molecule has 0 atom stereocenters. The highest BCUT2D eigenvalue weighted by atomic mass is 16.2. The topological polar surface area (TPSA) is 96.8 Å². The fraction of sp³-hybridized carbons (Fsp3) is 0.263. The van der Waals surface area contributed by atoms with E-state index in [1.54, 1.807) is 23.1 Å². The van der Waals surface area contributed by atoms with Crippen molar-refractivity contribution in [2.24, 2.45) is 0 Å². The molecule has 8 nitrogen and oxygen atoms in total. The van der Waals surface area contributed by atoms with Crippen LogP contribution in [0, 0.1) is 0 Å². The molecule has 1 fully saturated rings. The van der Waals surface area contributed by atoms with Gasteiger partial charge in [0.15, 0.2) is 5.69 Å². The number of rotatable bonds is 5. The van der Waals surface area contributed by atoms with Gasteiger partial charge in [0.1, 0.15) is 5.82 Å². The van der Waals surface area contributed by atoms with E-state index in [0.717, 1.165) is 31.6 Å². The Morgan fingerprint density at radius 1 is 1.07 bits per heavy atom. The van der Waals surface area contributed by atoms with Gasteiger partial charge in [0.2, 0.25) is 0 Å². The quantitative estimate of drug-likeness (QED) is 0.645. The van der Waals surface area contributed by atoms with Crippen LogP contribution in [0.15, 0.2) is 54.9 Å². The maximum Gasteiger partial charge on any atom is 0.277 e. The van der Waals surface area contributed by atoms with E-state index in [1.165, 1.54) is 0 Å². The zero-order valence-corrected chi connectivity index (χ0v) is 14.8. The molecule has 3 heterocycles. The normalized spacial score (nSPS) is 14.7. The molecule has 8 heteroatoms. The Hall–Kier alpha value is -3.26. The van der Waals surface area contributed by atoms with Gasteiger partial charge in [-0.15, -0.1) is 5.10 Å². The zero-order valence-electron chi connectivity index (χ0n) is 14.8. The van der Waals surface area contributed by atoms with Crippen molar-refractivity contribution in [3.8, 4) is 0 Å². The maximum absolute atomic E-state index is 12.4. The first-order chi connectivity index (χ1) is 13.3. The molecule has 0 bridgehead atoms. The molecular formula is C19H21N7O. The van der Waals surface area contributed by atoms with Gasteiger partial charge in [-0.1, -0.05) is 23.4 Å². The lowest BCUT2D eigenvalue weighted by atomic mass is 10.1. The van der Waals surface area contributed by atoms with Crippen molar-refractivity contribution in [2.45, 2.75) is 18.9 Å². The average molecular weight is 363 g/mol. The highest BCUT2D eigenvalue weighted by Crippen LogP contribution is 2.18. The Labute approximate surface area is 157 Å². The Morgan fingerprint density at radius 2 is 1.89 bits per heavy atom. The zero-order chi connectivity index (χ0) is 18.5. The van der Waals surface area contributed by atoms with Crippen molar-refractivity contribution < 1.29 is 4.79 Å². The van der Waals surface area contributed by atoms with Crippen LogP contribution in [0.4, 0.5) is 17.2 Å². The molecule has 0 saturated carbocycles. The smallest absolute Gasteiger partial charge is 0.277 e. The first-order valence-corrected chi connectivity index (χ1v) is 9.00. The molecule has 27 heavy (non-hydrogen) atoms. The van der Waals surface area contributed by atoms with Crippen molar-refractivity contribution in [3.63, 3.8) is 0 Å². The molecule has 1 saturated heterocycles. The van der Waals surface area contributed by atoms with Crippen LogP contribution in [-0.4, -0.2) is 39.0 Å². The molecule has 0 radical (unpaired) electrons. The summed E-state index contributed by atoms with van der Waals surface area (Å²) in [5.41, 5.74) is 1.87. The van der Waals surface area contributed by atoms with Crippen LogP contribution in [0.5, 0.6) is 0 Å². The van der Waals surface area contributed by atoms with Gasteiger partial charge in [0.05, 0.1) is 24.1 Å². The van der Waals surface area contributed by atoms with E-state index >= 15 is 0 Å². The molecule has 4 rings (SSSR count). The third-order valence-corrected chi connectivity index (χ3v) is 4.49. The van der Waals surface area contributed by atoms with Crippen molar-refractivity contribution in [1.29, 1.82) is 0 Å². The monoisotopic (exact) mass is 363 g/mol. The van der Waals surface area contributed by atoms with Crippen LogP contribution in [0.3, 0.4) is 0 Å². The second kappa shape index (κ2) is 7.96. The van der Waals surface area contributed by atoms with E-state index in [1.807, 2.05) is 36.4 Å². The standard InChI is InChI=1S/C19H21N7O/c27-19(17-13-26(25-24-17)16-8-10-20-11-9-16)23-15-6-7-18(21-12-15)22-14-4-2-1-3-5-14/h1-7,12-13,16,20H,8-11H2,(H,21,22)(H,23,27). The van der Waals surface area contributed by atoms with Crippen LogP contribution in [0.2, 0.25) is 0 Å². The predicted octanol–water partition coefficient (Wildman–Crippen LogP) is 2.59. The van der Waals surface area contributed by atoms with Crippen LogP contribution in [0.1, 0.15) is 29.4 Å². The fourth-order valence-corrected chi connectivity index (χ4v) is 3.04. The number of benzene rings is 1. The minimum Gasteiger partial charge on any atom is -0.340 e. The van der Waals surface area contributed by atoms with E-state index in [-0.39, 0.29) is 5.91 Å². The number of nitrogens with zero attached hydrogens (tertiary/aromatic N) is 4. The number of carbonyl (C=O) groups is 1. The molecule has 0 unspecified atom stereocenters. The highest BCUT2D eigenvalue weighted by Gasteiger charge is 2.18. The molecule has 1 amide bonds. The lowest BCUT2D eigenvalue weighted by Gasteiger charge is -2.22. The Balaban J connectivity index is 1.37. The molecule has 3 N–H and O–H groups in total. The second-order valence-electron chi connectivity index (χ2n) is 6.44. The van der Waals surface area contributed by atoms with Crippen molar-refractivity contribution in [1.82, 2.24) is 25.3 Å². The second-order valence-corrected chi connectivity index (χ2v) is 6.44. The molecule has 138 valence electrons. The molecule has 2 aromatic heterocycles. The first kappa shape index (κ1) is 17.2. The van der Waals surface area contributed by atoms with Gasteiger partial charge in [-0.25, -0.2) is 9.67 Å². The number of carbonyl (C=O) groups excluding carboxylic acids is 1. The van der Waals surface area contributed by atoms with Gasteiger partial charge in [-0.2, -0.15) is 0 Å². The third-order valence-electron chi connectivity index (χ3n) is 4.49. The lowest BCUT2D eigenvalue weighted by molar-refractivity contribution is 0.102. The summed E-state index contributed by atoms with van der Waals surface area (Å²) >= 11 is 0. The molecule has 0 spiro atoms. The highest BCUT2D eigenvalue weighted by molar-refractivity contribution is 6.02. The largest absolute Gasteiger partial charge is 0.340 e. The number of amides is 1. The Kier molecular flexibility index (Phi) is 5.06. The summed E-state index contributed by atoms with van der Waals surface area (Å²) in [5.74, 6) is 0.414. The number of hydrogen-bond donors (Lipinski definition) is 3. The van der Waals surface area contributed by atoms with Crippen molar-refractivity contribution in [2.75, 3.05) is 23.7 Å². The van der Waals surface area contributed by atoms with E-state index < -0.39 is 0 Å². The minimum absolute atomic E-state index is 0.291. The SMILES string of the molecule is O=C(Nc1ccc(Nc2ccccc2)nc1)c1cn(C2CCNCC2)nn1. The Morgan fingerprint density at radius 3 is 2.63 bits per heavy atom. The summed E-state index contributed by atoms with van der Waals surface area (Å²) in [7, 11) is 0. The van der Waals surface area contributed by atoms with Gasteiger partial charge in [0.25, 0.3) is 5.91 Å². The predicted molar refractivity (Wildman–Crippen MR) is 103 cm³/mol. The summed E-state index contributed by atoms with van der Waals surface area (Å²) in [6, 6.07) is 13.7. The van der Waals surface area contributed by atoms with Crippen LogP contribution in [0.25, 0.3) is 0 Å². The van der Waals surface area contributed by atoms with Gasteiger partial charge in [0, 0.05) is 5.69 Å². The van der Waals surface area contributed by atoms with Crippen LogP contribution >= 0.6 is 0 Å². The number of hydrogen-bond acceptors (Lipinski definition) is 6.